The molecule has 0 spiro atoms. The van der Waals surface area contributed by atoms with Crippen molar-refractivity contribution in [3.8, 4) is 0 Å². The molecular formula is C11H13BrClNO. The van der Waals surface area contributed by atoms with Crippen LogP contribution in [0.25, 0.3) is 0 Å². The fourth-order valence-electron chi connectivity index (χ4n) is 1.26. The molecule has 0 heterocycles. The van der Waals surface area contributed by atoms with Gasteiger partial charge in [-0.05, 0) is 18.6 Å². The molecule has 1 unspecified atom stereocenters. The first kappa shape index (κ1) is 12.5. The number of hydrogen-bond acceptors (Lipinski definition) is 1. The van der Waals surface area contributed by atoms with Gasteiger partial charge in [-0.15, -0.1) is 11.6 Å². The number of halogens is 2. The van der Waals surface area contributed by atoms with Crippen LogP contribution in [0.5, 0.6) is 0 Å². The Kier molecular flexibility index (Phi) is 4.61. The quantitative estimate of drug-likeness (QED) is 0.784. The maximum absolute atomic E-state index is 11.5. The maximum Gasteiger partial charge on any atom is 0.240 e. The SMILES string of the molecule is CC(Cl)C(=O)N(C)Cc1ccccc1Br. The number of rotatable bonds is 3. The predicted molar refractivity (Wildman–Crippen MR) is 65.9 cm³/mol. The van der Waals surface area contributed by atoms with Gasteiger partial charge in [0, 0.05) is 18.1 Å². The number of amides is 1. The summed E-state index contributed by atoms with van der Waals surface area (Å²) in [6.45, 7) is 2.25. The van der Waals surface area contributed by atoms with Crippen LogP contribution in [0.1, 0.15) is 12.5 Å². The highest BCUT2D eigenvalue weighted by Gasteiger charge is 2.15. The van der Waals surface area contributed by atoms with E-state index in [0.717, 1.165) is 10.0 Å². The van der Waals surface area contributed by atoms with E-state index in [1.807, 2.05) is 24.3 Å². The molecule has 1 aromatic carbocycles. The molecule has 1 amide bonds. The highest BCUT2D eigenvalue weighted by molar-refractivity contribution is 9.10. The molecular weight excluding hydrogens is 277 g/mol. The van der Waals surface area contributed by atoms with Crippen LogP contribution in [0.3, 0.4) is 0 Å². The summed E-state index contributed by atoms with van der Waals surface area (Å²) in [4.78, 5) is 13.2. The Hall–Kier alpha value is -0.540. The third-order valence-electron chi connectivity index (χ3n) is 2.08. The summed E-state index contributed by atoms with van der Waals surface area (Å²) < 4.78 is 1.01. The molecule has 2 nitrogen and oxygen atoms in total. The molecule has 0 fully saturated rings. The Morgan fingerprint density at radius 2 is 2.13 bits per heavy atom. The molecule has 0 saturated heterocycles. The summed E-state index contributed by atoms with van der Waals surface area (Å²) in [6, 6.07) is 7.83. The lowest BCUT2D eigenvalue weighted by molar-refractivity contribution is -0.129. The third-order valence-corrected chi connectivity index (χ3v) is 3.04. The number of benzene rings is 1. The molecule has 15 heavy (non-hydrogen) atoms. The van der Waals surface area contributed by atoms with Crippen molar-refractivity contribution in [2.45, 2.75) is 18.8 Å². The Labute approximate surface area is 103 Å². The zero-order chi connectivity index (χ0) is 11.4. The smallest absolute Gasteiger partial charge is 0.240 e. The Balaban J connectivity index is 2.71. The van der Waals surface area contributed by atoms with Crippen LogP contribution in [-0.4, -0.2) is 23.2 Å². The fourth-order valence-corrected chi connectivity index (χ4v) is 1.84. The topological polar surface area (TPSA) is 20.3 Å². The summed E-state index contributed by atoms with van der Waals surface area (Å²) >= 11 is 9.17. The summed E-state index contributed by atoms with van der Waals surface area (Å²) in [7, 11) is 1.75. The van der Waals surface area contributed by atoms with Crippen molar-refractivity contribution in [2.24, 2.45) is 0 Å². The lowest BCUT2D eigenvalue weighted by Gasteiger charge is -2.19. The molecule has 0 saturated carbocycles. The zero-order valence-corrected chi connectivity index (χ0v) is 11.0. The average Bonchev–Trinajstić information content (AvgIpc) is 2.20. The molecule has 1 rings (SSSR count). The highest BCUT2D eigenvalue weighted by atomic mass is 79.9. The van der Waals surface area contributed by atoms with E-state index in [-0.39, 0.29) is 5.91 Å². The number of hydrogen-bond donors (Lipinski definition) is 0. The fraction of sp³-hybridized carbons (Fsp3) is 0.364. The first-order valence-corrected chi connectivity index (χ1v) is 5.87. The van der Waals surface area contributed by atoms with E-state index in [9.17, 15) is 4.79 Å². The lowest BCUT2D eigenvalue weighted by atomic mass is 10.2. The molecule has 0 aromatic heterocycles. The van der Waals surface area contributed by atoms with E-state index in [4.69, 9.17) is 11.6 Å². The van der Waals surface area contributed by atoms with Crippen LogP contribution >= 0.6 is 27.5 Å². The molecule has 1 atom stereocenters. The minimum absolute atomic E-state index is 0.0626. The average molecular weight is 291 g/mol. The molecule has 1 aromatic rings. The van der Waals surface area contributed by atoms with E-state index in [1.165, 1.54) is 0 Å². The van der Waals surface area contributed by atoms with Gasteiger partial charge in [0.25, 0.3) is 0 Å². The standard InChI is InChI=1S/C11H13BrClNO/c1-8(13)11(15)14(2)7-9-5-3-4-6-10(9)12/h3-6,8H,7H2,1-2H3. The molecule has 4 heteroatoms. The van der Waals surface area contributed by atoms with Crippen LogP contribution in [0.4, 0.5) is 0 Å². The number of nitrogens with zero attached hydrogens (tertiary/aromatic N) is 1. The summed E-state index contributed by atoms with van der Waals surface area (Å²) in [5, 5.41) is -0.475. The van der Waals surface area contributed by atoms with Gasteiger partial charge in [-0.3, -0.25) is 4.79 Å². The van der Waals surface area contributed by atoms with Gasteiger partial charge in [-0.25, -0.2) is 0 Å². The largest absolute Gasteiger partial charge is 0.340 e. The molecule has 82 valence electrons. The van der Waals surface area contributed by atoms with Crippen molar-refractivity contribution >= 4 is 33.4 Å². The number of alkyl halides is 1. The van der Waals surface area contributed by atoms with Crippen LogP contribution in [-0.2, 0) is 11.3 Å². The van der Waals surface area contributed by atoms with Crippen molar-refractivity contribution in [2.75, 3.05) is 7.05 Å². The van der Waals surface area contributed by atoms with Crippen molar-refractivity contribution in [1.29, 1.82) is 0 Å². The van der Waals surface area contributed by atoms with Gasteiger partial charge in [0.05, 0.1) is 0 Å². The lowest BCUT2D eigenvalue weighted by Crippen LogP contribution is -2.31. The molecule has 0 N–H and O–H groups in total. The van der Waals surface area contributed by atoms with E-state index >= 15 is 0 Å². The first-order valence-electron chi connectivity index (χ1n) is 4.65. The van der Waals surface area contributed by atoms with Crippen LogP contribution < -0.4 is 0 Å². The van der Waals surface area contributed by atoms with Crippen molar-refractivity contribution in [3.63, 3.8) is 0 Å². The van der Waals surface area contributed by atoms with Gasteiger partial charge in [0.15, 0.2) is 0 Å². The minimum atomic E-state index is -0.475. The first-order chi connectivity index (χ1) is 7.02. The molecule has 0 bridgehead atoms. The second kappa shape index (κ2) is 5.52. The minimum Gasteiger partial charge on any atom is -0.340 e. The van der Waals surface area contributed by atoms with E-state index in [0.29, 0.717) is 6.54 Å². The second-order valence-electron chi connectivity index (χ2n) is 3.40. The molecule has 0 aliphatic carbocycles. The Morgan fingerprint density at radius 1 is 1.53 bits per heavy atom. The van der Waals surface area contributed by atoms with Crippen LogP contribution in [0.15, 0.2) is 28.7 Å². The highest BCUT2D eigenvalue weighted by Crippen LogP contribution is 2.17. The summed E-state index contributed by atoms with van der Waals surface area (Å²) in [5.74, 6) is -0.0626. The third kappa shape index (κ3) is 3.50. The normalized spacial score (nSPS) is 12.3. The summed E-state index contributed by atoms with van der Waals surface area (Å²) in [5.41, 5.74) is 1.07. The van der Waals surface area contributed by atoms with Crippen LogP contribution in [0, 0.1) is 0 Å². The number of carbonyl (C=O) groups excluding carboxylic acids is 1. The van der Waals surface area contributed by atoms with Crippen molar-refractivity contribution in [3.05, 3.63) is 34.3 Å². The van der Waals surface area contributed by atoms with Gasteiger partial charge in [-0.2, -0.15) is 0 Å². The summed E-state index contributed by atoms with van der Waals surface area (Å²) in [6.07, 6.45) is 0. The van der Waals surface area contributed by atoms with Gasteiger partial charge < -0.3 is 4.90 Å². The van der Waals surface area contributed by atoms with Crippen molar-refractivity contribution in [1.82, 2.24) is 4.90 Å². The van der Waals surface area contributed by atoms with Gasteiger partial charge in [0.1, 0.15) is 5.38 Å². The maximum atomic E-state index is 11.5. The molecule has 0 aliphatic heterocycles. The predicted octanol–water partition coefficient (Wildman–Crippen LogP) is 3.03. The Bertz CT molecular complexity index is 354. The van der Waals surface area contributed by atoms with Crippen molar-refractivity contribution < 1.29 is 4.79 Å². The van der Waals surface area contributed by atoms with E-state index < -0.39 is 5.38 Å². The number of carbonyl (C=O) groups is 1. The monoisotopic (exact) mass is 289 g/mol. The molecule has 0 radical (unpaired) electrons. The molecule has 0 aliphatic rings. The van der Waals surface area contributed by atoms with Crippen LogP contribution in [0.2, 0.25) is 0 Å². The van der Waals surface area contributed by atoms with Gasteiger partial charge in [0.2, 0.25) is 5.91 Å². The van der Waals surface area contributed by atoms with Gasteiger partial charge in [-0.1, -0.05) is 34.1 Å². The van der Waals surface area contributed by atoms with E-state index in [1.54, 1.807) is 18.9 Å². The van der Waals surface area contributed by atoms with Gasteiger partial charge >= 0.3 is 0 Å². The zero-order valence-electron chi connectivity index (χ0n) is 8.71. The Morgan fingerprint density at radius 3 is 2.67 bits per heavy atom. The second-order valence-corrected chi connectivity index (χ2v) is 4.91. The van der Waals surface area contributed by atoms with E-state index in [2.05, 4.69) is 15.9 Å².